The molecule has 1 atom stereocenters. The molecule has 0 fully saturated rings. The molecule has 15 heavy (non-hydrogen) atoms. The van der Waals surface area contributed by atoms with E-state index in [0.29, 0.717) is 6.54 Å². The Morgan fingerprint density at radius 1 is 1.47 bits per heavy atom. The van der Waals surface area contributed by atoms with Crippen LogP contribution in [-0.2, 0) is 9.84 Å². The molecule has 0 bridgehead atoms. The highest BCUT2D eigenvalue weighted by Crippen LogP contribution is 2.14. The van der Waals surface area contributed by atoms with E-state index in [0.717, 1.165) is 0 Å². The standard InChI is InChI=1S/C9H17NO4S/c1-9(6-11,7-12)5-10-8-2-3-15(13,14)4-8/h2-3,8,10-12H,4-7H2,1H3. The zero-order chi connectivity index (χ0) is 11.5. The Balaban J connectivity index is 2.43. The summed E-state index contributed by atoms with van der Waals surface area (Å²) in [6.07, 6.45) is 1.59. The fraction of sp³-hybridized carbons (Fsp3) is 0.778. The Bertz CT molecular complexity index is 332. The minimum atomic E-state index is -3.04. The second kappa shape index (κ2) is 4.61. The lowest BCUT2D eigenvalue weighted by molar-refractivity contribution is 0.0690. The molecular formula is C9H17NO4S. The van der Waals surface area contributed by atoms with Crippen LogP contribution in [0.4, 0.5) is 0 Å². The number of nitrogens with one attached hydrogen (secondary N) is 1. The lowest BCUT2D eigenvalue weighted by Gasteiger charge is -2.26. The van der Waals surface area contributed by atoms with Gasteiger partial charge >= 0.3 is 0 Å². The fourth-order valence-corrected chi connectivity index (χ4v) is 2.51. The summed E-state index contributed by atoms with van der Waals surface area (Å²) in [5.41, 5.74) is -0.611. The Labute approximate surface area is 89.7 Å². The highest BCUT2D eigenvalue weighted by atomic mass is 32.2. The molecule has 0 spiro atoms. The first-order valence-corrected chi connectivity index (χ1v) is 6.48. The molecule has 1 rings (SSSR count). The van der Waals surface area contributed by atoms with Crippen LogP contribution in [0.5, 0.6) is 0 Å². The van der Waals surface area contributed by atoms with Crippen LogP contribution >= 0.6 is 0 Å². The number of aliphatic hydroxyl groups is 2. The zero-order valence-corrected chi connectivity index (χ0v) is 9.50. The van der Waals surface area contributed by atoms with Crippen LogP contribution in [0.3, 0.4) is 0 Å². The number of sulfone groups is 1. The molecule has 0 aromatic heterocycles. The third-order valence-electron chi connectivity index (χ3n) is 2.48. The zero-order valence-electron chi connectivity index (χ0n) is 8.68. The average molecular weight is 235 g/mol. The van der Waals surface area contributed by atoms with Crippen LogP contribution < -0.4 is 5.32 Å². The number of hydrogen-bond acceptors (Lipinski definition) is 5. The van der Waals surface area contributed by atoms with E-state index < -0.39 is 15.3 Å². The van der Waals surface area contributed by atoms with Gasteiger partial charge in [-0.1, -0.05) is 13.0 Å². The van der Waals surface area contributed by atoms with Gasteiger partial charge in [-0.05, 0) is 0 Å². The number of hydrogen-bond donors (Lipinski definition) is 3. The normalized spacial score (nSPS) is 24.6. The minimum absolute atomic E-state index is 0.0555. The summed E-state index contributed by atoms with van der Waals surface area (Å²) in [6, 6.07) is -0.215. The van der Waals surface area contributed by atoms with E-state index in [1.54, 1.807) is 13.0 Å². The summed E-state index contributed by atoms with van der Waals surface area (Å²) in [6.45, 7) is 1.83. The summed E-state index contributed by atoms with van der Waals surface area (Å²) < 4.78 is 22.2. The largest absolute Gasteiger partial charge is 0.396 e. The lowest BCUT2D eigenvalue weighted by Crippen LogP contribution is -2.42. The monoisotopic (exact) mass is 235 g/mol. The maximum Gasteiger partial charge on any atom is 0.173 e. The van der Waals surface area contributed by atoms with E-state index >= 15 is 0 Å². The first-order valence-electron chi connectivity index (χ1n) is 4.77. The molecule has 0 aromatic carbocycles. The van der Waals surface area contributed by atoms with Crippen LogP contribution in [0, 0.1) is 5.41 Å². The maximum absolute atomic E-state index is 11.1. The Hall–Kier alpha value is -0.430. The molecule has 0 radical (unpaired) electrons. The summed E-state index contributed by atoms with van der Waals surface area (Å²) in [7, 11) is -3.04. The molecule has 1 unspecified atom stereocenters. The van der Waals surface area contributed by atoms with Gasteiger partial charge < -0.3 is 15.5 Å². The van der Waals surface area contributed by atoms with Crippen molar-refractivity contribution in [1.82, 2.24) is 5.32 Å². The second-order valence-electron chi connectivity index (χ2n) is 4.27. The van der Waals surface area contributed by atoms with Crippen molar-refractivity contribution in [3.05, 3.63) is 11.5 Å². The van der Waals surface area contributed by atoms with Crippen molar-refractivity contribution in [2.75, 3.05) is 25.5 Å². The van der Waals surface area contributed by atoms with Gasteiger partial charge in [0.15, 0.2) is 9.84 Å². The summed E-state index contributed by atoms with van der Waals surface area (Å²) >= 11 is 0. The van der Waals surface area contributed by atoms with Crippen molar-refractivity contribution in [3.8, 4) is 0 Å². The third kappa shape index (κ3) is 3.57. The summed E-state index contributed by atoms with van der Waals surface area (Å²) in [5.74, 6) is 0.0555. The topological polar surface area (TPSA) is 86.6 Å². The molecule has 6 heteroatoms. The van der Waals surface area contributed by atoms with E-state index in [1.165, 1.54) is 5.41 Å². The van der Waals surface area contributed by atoms with Crippen LogP contribution in [0.2, 0.25) is 0 Å². The SMILES string of the molecule is CC(CO)(CO)CNC1C=CS(=O)(=O)C1. The van der Waals surface area contributed by atoms with Gasteiger partial charge in [0.2, 0.25) is 0 Å². The van der Waals surface area contributed by atoms with E-state index in [9.17, 15) is 8.42 Å². The average Bonchev–Trinajstić information content (AvgIpc) is 2.55. The molecule has 0 saturated carbocycles. The van der Waals surface area contributed by atoms with Crippen molar-refractivity contribution in [2.45, 2.75) is 13.0 Å². The molecule has 0 amide bonds. The Morgan fingerprint density at radius 3 is 2.47 bits per heavy atom. The summed E-state index contributed by atoms with van der Waals surface area (Å²) in [5, 5.41) is 22.2. The lowest BCUT2D eigenvalue weighted by atomic mass is 9.93. The maximum atomic E-state index is 11.1. The summed E-state index contributed by atoms with van der Waals surface area (Å²) in [4.78, 5) is 0. The molecule has 0 aliphatic carbocycles. The molecule has 0 aromatic rings. The smallest absolute Gasteiger partial charge is 0.173 e. The predicted molar refractivity (Wildman–Crippen MR) is 57.0 cm³/mol. The molecule has 3 N–H and O–H groups in total. The van der Waals surface area contributed by atoms with Crippen molar-refractivity contribution in [1.29, 1.82) is 0 Å². The molecule has 1 heterocycles. The number of aliphatic hydroxyl groups excluding tert-OH is 2. The first-order chi connectivity index (χ1) is 6.91. The van der Waals surface area contributed by atoms with Gasteiger partial charge in [0, 0.05) is 23.4 Å². The van der Waals surface area contributed by atoms with Gasteiger partial charge in [0.25, 0.3) is 0 Å². The van der Waals surface area contributed by atoms with Crippen LogP contribution in [0.25, 0.3) is 0 Å². The van der Waals surface area contributed by atoms with Gasteiger partial charge in [-0.15, -0.1) is 0 Å². The van der Waals surface area contributed by atoms with Gasteiger partial charge in [0.1, 0.15) is 0 Å². The third-order valence-corrected chi connectivity index (χ3v) is 3.88. The van der Waals surface area contributed by atoms with Crippen LogP contribution in [-0.4, -0.2) is 50.2 Å². The van der Waals surface area contributed by atoms with Crippen molar-refractivity contribution < 1.29 is 18.6 Å². The van der Waals surface area contributed by atoms with Crippen LogP contribution in [0.1, 0.15) is 6.92 Å². The van der Waals surface area contributed by atoms with E-state index in [4.69, 9.17) is 10.2 Å². The Morgan fingerprint density at radius 2 is 2.07 bits per heavy atom. The highest BCUT2D eigenvalue weighted by Gasteiger charge is 2.26. The molecule has 5 nitrogen and oxygen atoms in total. The van der Waals surface area contributed by atoms with Gasteiger partial charge in [-0.2, -0.15) is 0 Å². The molecule has 1 aliphatic rings. The molecular weight excluding hydrogens is 218 g/mol. The van der Waals surface area contributed by atoms with E-state index in [2.05, 4.69) is 5.32 Å². The molecule has 88 valence electrons. The van der Waals surface area contributed by atoms with Gasteiger partial charge in [-0.3, -0.25) is 0 Å². The number of rotatable bonds is 5. The predicted octanol–water partition coefficient (Wildman–Crippen LogP) is -1.12. The minimum Gasteiger partial charge on any atom is -0.396 e. The van der Waals surface area contributed by atoms with Crippen molar-refractivity contribution >= 4 is 9.84 Å². The highest BCUT2D eigenvalue weighted by molar-refractivity contribution is 7.94. The molecule has 1 aliphatic heterocycles. The quantitative estimate of drug-likeness (QED) is 0.562. The molecule has 0 saturated heterocycles. The second-order valence-corrected chi connectivity index (χ2v) is 6.20. The van der Waals surface area contributed by atoms with Gasteiger partial charge in [0.05, 0.1) is 19.0 Å². The van der Waals surface area contributed by atoms with Crippen LogP contribution in [0.15, 0.2) is 11.5 Å². The van der Waals surface area contributed by atoms with E-state index in [-0.39, 0.29) is 25.0 Å². The van der Waals surface area contributed by atoms with Crippen molar-refractivity contribution in [3.63, 3.8) is 0 Å². The first kappa shape index (κ1) is 12.6. The Kier molecular flexibility index (Phi) is 3.88. The van der Waals surface area contributed by atoms with Gasteiger partial charge in [-0.25, -0.2) is 8.42 Å². The fourth-order valence-electron chi connectivity index (χ4n) is 1.24. The van der Waals surface area contributed by atoms with Crippen molar-refractivity contribution in [2.24, 2.45) is 5.41 Å². The van der Waals surface area contributed by atoms with E-state index in [1.807, 2.05) is 0 Å².